The average Bonchev–Trinajstić information content (AvgIpc) is 2.72. The van der Waals surface area contributed by atoms with E-state index in [1.165, 1.54) is 25.7 Å². The van der Waals surface area contributed by atoms with Crippen molar-refractivity contribution in [1.82, 2.24) is 15.0 Å². The first-order chi connectivity index (χ1) is 7.27. The van der Waals surface area contributed by atoms with Gasteiger partial charge in [0.2, 0.25) is 0 Å². The molecule has 1 aromatic rings. The molecule has 0 bridgehead atoms. The summed E-state index contributed by atoms with van der Waals surface area (Å²) in [7, 11) is 0. The molecule has 4 heteroatoms. The zero-order valence-electron chi connectivity index (χ0n) is 9.62. The molecular formula is C11H20ClN3. The second-order valence-corrected chi connectivity index (χ2v) is 4.37. The molecule has 0 fully saturated rings. The molecule has 0 aromatic carbocycles. The Morgan fingerprint density at radius 2 is 2.13 bits per heavy atom. The van der Waals surface area contributed by atoms with Crippen molar-refractivity contribution >= 4 is 11.6 Å². The second-order valence-electron chi connectivity index (χ2n) is 3.84. The SMILES string of the molecule is CCCCCCn1cc(C(Cl)CC)nn1. The highest BCUT2D eigenvalue weighted by Crippen LogP contribution is 2.20. The highest BCUT2D eigenvalue weighted by Gasteiger charge is 2.09. The number of alkyl halides is 1. The van der Waals surface area contributed by atoms with Crippen molar-refractivity contribution in [2.24, 2.45) is 0 Å². The van der Waals surface area contributed by atoms with Crippen LogP contribution in [0, 0.1) is 0 Å². The van der Waals surface area contributed by atoms with Crippen LogP contribution < -0.4 is 0 Å². The highest BCUT2D eigenvalue weighted by atomic mass is 35.5. The Morgan fingerprint density at radius 3 is 2.80 bits per heavy atom. The average molecular weight is 230 g/mol. The predicted octanol–water partition coefficient (Wildman–Crippen LogP) is 3.55. The summed E-state index contributed by atoms with van der Waals surface area (Å²) < 4.78 is 1.90. The van der Waals surface area contributed by atoms with E-state index in [-0.39, 0.29) is 5.38 Å². The monoisotopic (exact) mass is 229 g/mol. The molecule has 0 radical (unpaired) electrons. The topological polar surface area (TPSA) is 30.7 Å². The number of unbranched alkanes of at least 4 members (excludes halogenated alkanes) is 3. The molecule has 86 valence electrons. The van der Waals surface area contributed by atoms with Crippen LogP contribution in [0.2, 0.25) is 0 Å². The molecule has 0 saturated carbocycles. The summed E-state index contributed by atoms with van der Waals surface area (Å²) in [5.74, 6) is 0. The van der Waals surface area contributed by atoms with Crippen LogP contribution in [0.15, 0.2) is 6.20 Å². The molecule has 1 unspecified atom stereocenters. The van der Waals surface area contributed by atoms with E-state index in [2.05, 4.69) is 24.2 Å². The summed E-state index contributed by atoms with van der Waals surface area (Å²) in [6.45, 7) is 5.23. The smallest absolute Gasteiger partial charge is 0.100 e. The van der Waals surface area contributed by atoms with Crippen molar-refractivity contribution < 1.29 is 0 Å². The van der Waals surface area contributed by atoms with Crippen LogP contribution >= 0.6 is 11.6 Å². The lowest BCUT2D eigenvalue weighted by atomic mass is 10.2. The molecule has 1 atom stereocenters. The third-order valence-corrected chi connectivity index (χ3v) is 3.01. The molecule has 1 heterocycles. The first kappa shape index (κ1) is 12.5. The van der Waals surface area contributed by atoms with Gasteiger partial charge in [-0.25, -0.2) is 0 Å². The molecule has 0 spiro atoms. The van der Waals surface area contributed by atoms with Crippen LogP contribution in [0.5, 0.6) is 0 Å². The van der Waals surface area contributed by atoms with Gasteiger partial charge in [0.05, 0.1) is 5.38 Å². The van der Waals surface area contributed by atoms with Crippen molar-refractivity contribution in [3.8, 4) is 0 Å². The van der Waals surface area contributed by atoms with E-state index in [1.54, 1.807) is 0 Å². The van der Waals surface area contributed by atoms with Gasteiger partial charge in [0, 0.05) is 12.7 Å². The quantitative estimate of drug-likeness (QED) is 0.529. The summed E-state index contributed by atoms with van der Waals surface area (Å²) in [6, 6.07) is 0. The Hall–Kier alpha value is -0.570. The lowest BCUT2D eigenvalue weighted by Gasteiger charge is -2.00. The van der Waals surface area contributed by atoms with Crippen molar-refractivity contribution in [3.63, 3.8) is 0 Å². The minimum absolute atomic E-state index is 0.00870. The van der Waals surface area contributed by atoms with E-state index < -0.39 is 0 Å². The van der Waals surface area contributed by atoms with Gasteiger partial charge in [0.1, 0.15) is 5.69 Å². The fraction of sp³-hybridized carbons (Fsp3) is 0.818. The van der Waals surface area contributed by atoms with Crippen molar-refractivity contribution in [3.05, 3.63) is 11.9 Å². The molecule has 0 aliphatic rings. The summed E-state index contributed by atoms with van der Waals surface area (Å²) >= 11 is 6.07. The lowest BCUT2D eigenvalue weighted by molar-refractivity contribution is 0.527. The van der Waals surface area contributed by atoms with Gasteiger partial charge in [-0.3, -0.25) is 4.68 Å². The van der Waals surface area contributed by atoms with Crippen molar-refractivity contribution in [2.45, 2.75) is 57.9 Å². The van der Waals surface area contributed by atoms with Crippen LogP contribution in [0.4, 0.5) is 0 Å². The van der Waals surface area contributed by atoms with E-state index >= 15 is 0 Å². The van der Waals surface area contributed by atoms with Gasteiger partial charge in [-0.15, -0.1) is 16.7 Å². The van der Waals surface area contributed by atoms with E-state index in [0.717, 1.165) is 18.7 Å². The highest BCUT2D eigenvalue weighted by molar-refractivity contribution is 6.20. The van der Waals surface area contributed by atoms with Crippen LogP contribution in [0.3, 0.4) is 0 Å². The number of nitrogens with zero attached hydrogens (tertiary/aromatic N) is 3. The molecule has 1 aromatic heterocycles. The Morgan fingerprint density at radius 1 is 1.33 bits per heavy atom. The van der Waals surface area contributed by atoms with Crippen LogP contribution in [0.1, 0.15) is 57.0 Å². The zero-order valence-corrected chi connectivity index (χ0v) is 10.4. The normalized spacial score (nSPS) is 13.0. The van der Waals surface area contributed by atoms with Gasteiger partial charge in [-0.2, -0.15) is 0 Å². The van der Waals surface area contributed by atoms with Gasteiger partial charge < -0.3 is 0 Å². The van der Waals surface area contributed by atoms with Crippen molar-refractivity contribution in [1.29, 1.82) is 0 Å². The Bertz CT molecular complexity index is 273. The Balaban J connectivity index is 2.33. The number of halogens is 1. The van der Waals surface area contributed by atoms with Gasteiger partial charge >= 0.3 is 0 Å². The summed E-state index contributed by atoms with van der Waals surface area (Å²) in [5.41, 5.74) is 0.898. The maximum atomic E-state index is 6.07. The number of hydrogen-bond donors (Lipinski definition) is 0. The molecule has 0 amide bonds. The molecule has 0 N–H and O–H groups in total. The fourth-order valence-electron chi connectivity index (χ4n) is 1.48. The Kier molecular flexibility index (Phi) is 5.69. The summed E-state index contributed by atoms with van der Waals surface area (Å²) in [4.78, 5) is 0. The number of hydrogen-bond acceptors (Lipinski definition) is 2. The minimum Gasteiger partial charge on any atom is -0.252 e. The first-order valence-electron chi connectivity index (χ1n) is 5.82. The molecular weight excluding hydrogens is 210 g/mol. The maximum Gasteiger partial charge on any atom is 0.100 e. The van der Waals surface area contributed by atoms with E-state index in [4.69, 9.17) is 11.6 Å². The molecule has 3 nitrogen and oxygen atoms in total. The van der Waals surface area contributed by atoms with E-state index in [9.17, 15) is 0 Å². The zero-order chi connectivity index (χ0) is 11.1. The number of rotatable bonds is 7. The largest absolute Gasteiger partial charge is 0.252 e. The first-order valence-corrected chi connectivity index (χ1v) is 6.25. The van der Waals surface area contributed by atoms with Gasteiger partial charge in [-0.1, -0.05) is 38.3 Å². The van der Waals surface area contributed by atoms with Crippen LogP contribution in [-0.2, 0) is 6.54 Å². The number of aryl methyl sites for hydroxylation is 1. The van der Waals surface area contributed by atoms with Gasteiger partial charge in [0.15, 0.2) is 0 Å². The van der Waals surface area contributed by atoms with E-state index in [1.807, 2.05) is 10.9 Å². The fourth-order valence-corrected chi connectivity index (χ4v) is 1.58. The Labute approximate surface area is 96.8 Å². The number of aromatic nitrogens is 3. The molecule has 1 rings (SSSR count). The van der Waals surface area contributed by atoms with E-state index in [0.29, 0.717) is 0 Å². The third kappa shape index (κ3) is 4.20. The lowest BCUT2D eigenvalue weighted by Crippen LogP contribution is -1.98. The van der Waals surface area contributed by atoms with Crippen LogP contribution in [-0.4, -0.2) is 15.0 Å². The third-order valence-electron chi connectivity index (χ3n) is 2.48. The van der Waals surface area contributed by atoms with Crippen molar-refractivity contribution in [2.75, 3.05) is 0 Å². The standard InChI is InChI=1S/C11H20ClN3/c1-3-5-6-7-8-15-9-11(13-14-15)10(12)4-2/h9-10H,3-8H2,1-2H3. The molecule has 15 heavy (non-hydrogen) atoms. The molecule has 0 aliphatic carbocycles. The summed E-state index contributed by atoms with van der Waals surface area (Å²) in [6.07, 6.45) is 7.87. The maximum absolute atomic E-state index is 6.07. The molecule has 0 aliphatic heterocycles. The predicted molar refractivity (Wildman–Crippen MR) is 63.0 cm³/mol. The molecule has 0 saturated heterocycles. The van der Waals surface area contributed by atoms with Gasteiger partial charge in [-0.05, 0) is 12.8 Å². The second kappa shape index (κ2) is 6.83. The minimum atomic E-state index is 0.00870. The summed E-state index contributed by atoms with van der Waals surface area (Å²) in [5, 5.41) is 8.14. The van der Waals surface area contributed by atoms with Gasteiger partial charge in [0.25, 0.3) is 0 Å². The van der Waals surface area contributed by atoms with Crippen LogP contribution in [0.25, 0.3) is 0 Å².